The molecule has 0 bridgehead atoms. The molecule has 2 aliphatic rings. The van der Waals surface area contributed by atoms with E-state index in [0.29, 0.717) is 15.1 Å². The maximum atomic E-state index is 13.2. The van der Waals surface area contributed by atoms with Gasteiger partial charge in [-0.05, 0) is 48.3 Å². The van der Waals surface area contributed by atoms with Crippen LogP contribution in [0.5, 0.6) is 0 Å². The van der Waals surface area contributed by atoms with Gasteiger partial charge in [-0.3, -0.25) is 14.2 Å². The Labute approximate surface area is 173 Å². The molecule has 1 aliphatic carbocycles. The van der Waals surface area contributed by atoms with Gasteiger partial charge in [-0.2, -0.15) is 0 Å². The molecule has 29 heavy (non-hydrogen) atoms. The quantitative estimate of drug-likeness (QED) is 0.691. The zero-order chi connectivity index (χ0) is 20.3. The number of thiophene rings is 1. The lowest BCUT2D eigenvalue weighted by molar-refractivity contribution is 0.0933. The second kappa shape index (κ2) is 6.52. The number of aromatic nitrogens is 2. The molecule has 2 aromatic heterocycles. The normalized spacial score (nSPS) is 19.8. The average Bonchev–Trinajstić information content (AvgIpc) is 3.29. The highest BCUT2D eigenvalue weighted by atomic mass is 32.1. The smallest absolute Gasteiger partial charge is 0.262 e. The Bertz CT molecular complexity index is 1200. The van der Waals surface area contributed by atoms with Gasteiger partial charge in [-0.1, -0.05) is 38.1 Å². The fourth-order valence-electron chi connectivity index (χ4n) is 4.88. The van der Waals surface area contributed by atoms with E-state index in [1.165, 1.54) is 22.5 Å². The van der Waals surface area contributed by atoms with E-state index < -0.39 is 0 Å². The van der Waals surface area contributed by atoms with Crippen LogP contribution < -0.4 is 10.9 Å². The van der Waals surface area contributed by atoms with Crippen molar-refractivity contribution in [3.8, 4) is 0 Å². The Morgan fingerprint density at radius 2 is 2.10 bits per heavy atom. The van der Waals surface area contributed by atoms with Gasteiger partial charge in [0.2, 0.25) is 0 Å². The number of carbonyl (C=O) groups is 1. The van der Waals surface area contributed by atoms with Gasteiger partial charge in [0, 0.05) is 13.0 Å². The number of hydrogen-bond acceptors (Lipinski definition) is 4. The van der Waals surface area contributed by atoms with Gasteiger partial charge in [0.15, 0.2) is 0 Å². The molecule has 0 spiro atoms. The van der Waals surface area contributed by atoms with Crippen molar-refractivity contribution in [1.82, 2.24) is 14.9 Å². The molecule has 3 aromatic rings. The van der Waals surface area contributed by atoms with Gasteiger partial charge in [0.25, 0.3) is 11.5 Å². The monoisotopic (exact) mass is 407 g/mol. The lowest BCUT2D eigenvalue weighted by Gasteiger charge is -2.37. The van der Waals surface area contributed by atoms with Crippen LogP contribution in [-0.4, -0.2) is 15.5 Å². The SMILES string of the molecule is Cc1c(C(=O)NC2CCC(C)(C)c3ccccc32)sc2nc3n(c(=O)c12)CCC3. The molecule has 150 valence electrons. The number of carbonyl (C=O) groups excluding carboxylic acids is 1. The predicted molar refractivity (Wildman–Crippen MR) is 116 cm³/mol. The maximum Gasteiger partial charge on any atom is 0.262 e. The Hall–Kier alpha value is -2.47. The van der Waals surface area contributed by atoms with E-state index in [1.807, 2.05) is 13.0 Å². The van der Waals surface area contributed by atoms with Crippen molar-refractivity contribution in [2.24, 2.45) is 0 Å². The molecule has 1 aromatic carbocycles. The zero-order valence-electron chi connectivity index (χ0n) is 17.0. The first-order valence-corrected chi connectivity index (χ1v) is 11.1. The third-order valence-electron chi connectivity index (χ3n) is 6.55. The summed E-state index contributed by atoms with van der Waals surface area (Å²) < 4.78 is 1.77. The number of nitrogens with zero attached hydrogens (tertiary/aromatic N) is 2. The maximum absolute atomic E-state index is 13.2. The summed E-state index contributed by atoms with van der Waals surface area (Å²) in [5, 5.41) is 3.85. The number of benzene rings is 1. The van der Waals surface area contributed by atoms with E-state index in [2.05, 4.69) is 42.3 Å². The third kappa shape index (κ3) is 2.84. The minimum atomic E-state index is -0.102. The van der Waals surface area contributed by atoms with Gasteiger partial charge in [-0.25, -0.2) is 4.98 Å². The molecule has 0 radical (unpaired) electrons. The van der Waals surface area contributed by atoms with E-state index in [0.717, 1.165) is 43.6 Å². The Morgan fingerprint density at radius 3 is 2.93 bits per heavy atom. The Balaban J connectivity index is 1.51. The Kier molecular flexibility index (Phi) is 4.17. The first-order chi connectivity index (χ1) is 13.9. The molecular formula is C23H25N3O2S. The minimum absolute atomic E-state index is 0.0000570. The standard InChI is InChI=1S/C23H25N3O2S/c1-13-18-21(25-17-9-6-12-26(17)22(18)28)29-19(13)20(27)24-16-10-11-23(2,3)15-8-5-4-7-14(15)16/h4-5,7-8,16H,6,9-12H2,1-3H3,(H,24,27). The van der Waals surface area contributed by atoms with Crippen molar-refractivity contribution in [2.45, 2.75) is 64.5 Å². The molecule has 1 aliphatic heterocycles. The van der Waals surface area contributed by atoms with Gasteiger partial charge in [-0.15, -0.1) is 11.3 Å². The van der Waals surface area contributed by atoms with Crippen molar-refractivity contribution < 1.29 is 4.79 Å². The molecule has 1 N–H and O–H groups in total. The van der Waals surface area contributed by atoms with Crippen LogP contribution in [0.1, 0.15) is 71.3 Å². The fraction of sp³-hybridized carbons (Fsp3) is 0.435. The molecule has 0 saturated carbocycles. The lowest BCUT2D eigenvalue weighted by atomic mass is 9.71. The van der Waals surface area contributed by atoms with Crippen molar-refractivity contribution >= 4 is 27.5 Å². The summed E-state index contributed by atoms with van der Waals surface area (Å²) >= 11 is 1.35. The van der Waals surface area contributed by atoms with Crippen molar-refractivity contribution in [2.75, 3.05) is 0 Å². The molecule has 6 heteroatoms. The number of aryl methyl sites for hydroxylation is 2. The molecule has 1 unspecified atom stereocenters. The summed E-state index contributed by atoms with van der Waals surface area (Å²) in [7, 11) is 0. The van der Waals surface area contributed by atoms with E-state index >= 15 is 0 Å². The predicted octanol–water partition coefficient (Wildman–Crippen LogP) is 4.26. The molecule has 1 atom stereocenters. The Morgan fingerprint density at radius 1 is 1.31 bits per heavy atom. The summed E-state index contributed by atoms with van der Waals surface area (Å²) in [4.78, 5) is 32.1. The molecule has 0 saturated heterocycles. The van der Waals surface area contributed by atoms with Crippen LogP contribution >= 0.6 is 11.3 Å². The zero-order valence-corrected chi connectivity index (χ0v) is 17.9. The number of amides is 1. The average molecular weight is 408 g/mol. The fourth-order valence-corrected chi connectivity index (χ4v) is 5.97. The number of fused-ring (bicyclic) bond motifs is 3. The topological polar surface area (TPSA) is 64.0 Å². The molecule has 0 fully saturated rings. The molecule has 1 amide bonds. The number of hydrogen-bond donors (Lipinski definition) is 1. The largest absolute Gasteiger partial charge is 0.345 e. The van der Waals surface area contributed by atoms with Gasteiger partial charge < -0.3 is 5.32 Å². The van der Waals surface area contributed by atoms with Crippen LogP contribution in [0.3, 0.4) is 0 Å². The first-order valence-electron chi connectivity index (χ1n) is 10.3. The summed E-state index contributed by atoms with van der Waals surface area (Å²) in [5.41, 5.74) is 3.38. The first kappa shape index (κ1) is 18.6. The van der Waals surface area contributed by atoms with Crippen LogP contribution in [0.15, 0.2) is 29.1 Å². The van der Waals surface area contributed by atoms with Crippen LogP contribution in [-0.2, 0) is 18.4 Å². The van der Waals surface area contributed by atoms with Crippen molar-refractivity contribution in [3.63, 3.8) is 0 Å². The van der Waals surface area contributed by atoms with Crippen LogP contribution in [0.4, 0.5) is 0 Å². The second-order valence-electron chi connectivity index (χ2n) is 8.86. The molecule has 5 rings (SSSR count). The van der Waals surface area contributed by atoms with Crippen LogP contribution in [0.25, 0.3) is 10.2 Å². The van der Waals surface area contributed by atoms with Crippen LogP contribution in [0.2, 0.25) is 0 Å². The summed E-state index contributed by atoms with van der Waals surface area (Å²) in [6.07, 6.45) is 3.73. The van der Waals surface area contributed by atoms with E-state index in [4.69, 9.17) is 0 Å². The number of rotatable bonds is 2. The summed E-state index contributed by atoms with van der Waals surface area (Å²) in [5.74, 6) is 0.744. The number of nitrogens with one attached hydrogen (secondary N) is 1. The van der Waals surface area contributed by atoms with Gasteiger partial charge in [0.05, 0.1) is 16.3 Å². The van der Waals surface area contributed by atoms with Crippen molar-refractivity contribution in [3.05, 3.63) is 62.0 Å². The summed E-state index contributed by atoms with van der Waals surface area (Å²) in [6.45, 7) is 7.12. The van der Waals surface area contributed by atoms with E-state index in [9.17, 15) is 9.59 Å². The van der Waals surface area contributed by atoms with Gasteiger partial charge in [0.1, 0.15) is 10.7 Å². The molecule has 5 nitrogen and oxygen atoms in total. The third-order valence-corrected chi connectivity index (χ3v) is 7.73. The minimum Gasteiger partial charge on any atom is -0.345 e. The lowest BCUT2D eigenvalue weighted by Crippen LogP contribution is -2.35. The summed E-state index contributed by atoms with van der Waals surface area (Å²) in [6, 6.07) is 8.40. The van der Waals surface area contributed by atoms with Gasteiger partial charge >= 0.3 is 0 Å². The van der Waals surface area contributed by atoms with E-state index in [-0.39, 0.29) is 22.9 Å². The second-order valence-corrected chi connectivity index (χ2v) is 9.86. The van der Waals surface area contributed by atoms with Crippen molar-refractivity contribution in [1.29, 1.82) is 0 Å². The highest BCUT2D eigenvalue weighted by Gasteiger charge is 2.33. The highest BCUT2D eigenvalue weighted by Crippen LogP contribution is 2.41. The van der Waals surface area contributed by atoms with Crippen LogP contribution in [0, 0.1) is 6.92 Å². The molecular weight excluding hydrogens is 382 g/mol. The molecule has 3 heterocycles. The van der Waals surface area contributed by atoms with E-state index in [1.54, 1.807) is 4.57 Å². The highest BCUT2D eigenvalue weighted by molar-refractivity contribution is 7.20.